The van der Waals surface area contributed by atoms with Crippen molar-refractivity contribution in [1.82, 2.24) is 9.80 Å². The number of rotatable bonds is 4. The molecule has 1 aromatic rings. The largest absolute Gasteiger partial charge is 0.508 e. The molecule has 1 aromatic carbocycles. The molecule has 0 unspecified atom stereocenters. The number of benzene rings is 1. The topological polar surface area (TPSA) is 70.1 Å². The molecule has 2 fully saturated rings. The van der Waals surface area contributed by atoms with Crippen LogP contribution in [0.15, 0.2) is 24.3 Å². The van der Waals surface area contributed by atoms with Gasteiger partial charge in [-0.05, 0) is 24.6 Å². The monoisotopic (exact) mass is 350 g/mol. The van der Waals surface area contributed by atoms with Crippen LogP contribution in [0.3, 0.4) is 0 Å². The molecule has 0 aliphatic carbocycles. The number of nitrogens with zero attached hydrogens (tertiary/aromatic N) is 2. The van der Waals surface area contributed by atoms with Crippen LogP contribution in [0.5, 0.6) is 5.75 Å². The molecule has 6 nitrogen and oxygen atoms in total. The van der Waals surface area contributed by atoms with E-state index in [1.165, 1.54) is 11.0 Å². The number of amides is 2. The van der Waals surface area contributed by atoms with Crippen LogP contribution in [0.1, 0.15) is 16.8 Å². The number of phenols is 1. The third-order valence-electron chi connectivity index (χ3n) is 4.45. The molecule has 2 saturated heterocycles. The second-order valence-corrected chi connectivity index (χ2v) is 8.12. The van der Waals surface area contributed by atoms with E-state index in [1.807, 2.05) is 11.8 Å². The number of hydrogen-bond acceptors (Lipinski definition) is 5. The van der Waals surface area contributed by atoms with Crippen LogP contribution in [0, 0.1) is 0 Å². The average molecular weight is 350 g/mol. The molecule has 2 heterocycles. The van der Waals surface area contributed by atoms with Crippen LogP contribution >= 0.6 is 11.8 Å². The van der Waals surface area contributed by atoms with E-state index < -0.39 is 0 Å². The Morgan fingerprint density at radius 1 is 1.42 bits per heavy atom. The average Bonchev–Trinajstić information content (AvgIpc) is 2.95. The first-order valence-corrected chi connectivity index (χ1v) is 8.91. The van der Waals surface area contributed by atoms with Crippen molar-refractivity contribution in [2.45, 2.75) is 17.3 Å². The highest BCUT2D eigenvalue weighted by Crippen LogP contribution is 2.46. The van der Waals surface area contributed by atoms with E-state index in [0.717, 1.165) is 12.2 Å². The SMILES string of the molecule is CN(C)C(=O)CO[C@H]1CSC2(C1)CN(C(=O)c1cccc(O)c1)C2. The van der Waals surface area contributed by atoms with Gasteiger partial charge in [0.1, 0.15) is 12.4 Å². The fraction of sp³-hybridized carbons (Fsp3) is 0.529. The molecule has 0 radical (unpaired) electrons. The zero-order chi connectivity index (χ0) is 17.3. The number of carbonyl (C=O) groups is 2. The zero-order valence-electron chi connectivity index (χ0n) is 13.9. The summed E-state index contributed by atoms with van der Waals surface area (Å²) >= 11 is 1.83. The van der Waals surface area contributed by atoms with Gasteiger partial charge in [0.15, 0.2) is 0 Å². The first-order valence-electron chi connectivity index (χ1n) is 7.93. The number of likely N-dealkylation sites (N-methyl/N-ethyl adjacent to an activating group) is 1. The predicted octanol–water partition coefficient (Wildman–Crippen LogP) is 1.20. The smallest absolute Gasteiger partial charge is 0.254 e. The molecule has 2 aliphatic rings. The Labute approximate surface area is 145 Å². The third kappa shape index (κ3) is 3.52. The minimum atomic E-state index is -0.0516. The molecule has 1 N–H and O–H groups in total. The lowest BCUT2D eigenvalue weighted by Gasteiger charge is -2.47. The summed E-state index contributed by atoms with van der Waals surface area (Å²) in [4.78, 5) is 27.3. The summed E-state index contributed by atoms with van der Waals surface area (Å²) in [5, 5.41) is 9.49. The molecule has 130 valence electrons. The molecule has 24 heavy (non-hydrogen) atoms. The summed E-state index contributed by atoms with van der Waals surface area (Å²) in [6.07, 6.45) is 0.930. The van der Waals surface area contributed by atoms with Crippen LogP contribution in [-0.4, -0.2) is 77.1 Å². The maximum absolute atomic E-state index is 12.4. The molecule has 0 saturated carbocycles. The highest BCUT2D eigenvalue weighted by Gasteiger charge is 2.51. The van der Waals surface area contributed by atoms with E-state index in [4.69, 9.17) is 4.74 Å². The molecule has 7 heteroatoms. The molecule has 2 amide bonds. The molecule has 3 rings (SSSR count). The number of aromatic hydroxyl groups is 1. The van der Waals surface area contributed by atoms with Crippen molar-refractivity contribution in [2.24, 2.45) is 0 Å². The van der Waals surface area contributed by atoms with Crippen LogP contribution < -0.4 is 0 Å². The maximum atomic E-state index is 12.4. The Morgan fingerprint density at radius 3 is 2.83 bits per heavy atom. The Balaban J connectivity index is 1.49. The summed E-state index contributed by atoms with van der Waals surface area (Å²) in [6, 6.07) is 6.44. The lowest BCUT2D eigenvalue weighted by atomic mass is 9.92. The zero-order valence-corrected chi connectivity index (χ0v) is 14.7. The number of likely N-dealkylation sites (tertiary alicyclic amines) is 1. The van der Waals surface area contributed by atoms with Crippen molar-refractivity contribution in [3.8, 4) is 5.75 Å². The van der Waals surface area contributed by atoms with E-state index in [0.29, 0.717) is 18.7 Å². The predicted molar refractivity (Wildman–Crippen MR) is 92.3 cm³/mol. The van der Waals surface area contributed by atoms with Crippen molar-refractivity contribution >= 4 is 23.6 Å². The molecule has 0 bridgehead atoms. The van der Waals surface area contributed by atoms with Crippen LogP contribution in [-0.2, 0) is 9.53 Å². The summed E-state index contributed by atoms with van der Waals surface area (Å²) in [5.74, 6) is 0.874. The summed E-state index contributed by atoms with van der Waals surface area (Å²) < 4.78 is 5.76. The van der Waals surface area contributed by atoms with Crippen molar-refractivity contribution < 1.29 is 19.4 Å². The molecule has 1 atom stereocenters. The van der Waals surface area contributed by atoms with E-state index >= 15 is 0 Å². The van der Waals surface area contributed by atoms with Gasteiger partial charge in [0.05, 0.1) is 10.9 Å². The number of thioether (sulfide) groups is 1. The van der Waals surface area contributed by atoms with Gasteiger partial charge in [0.2, 0.25) is 5.91 Å². The Morgan fingerprint density at radius 2 is 2.17 bits per heavy atom. The molecule has 2 aliphatic heterocycles. The van der Waals surface area contributed by atoms with Crippen LogP contribution in [0.25, 0.3) is 0 Å². The molecular formula is C17H22N2O4S. The second kappa shape index (κ2) is 6.64. The quantitative estimate of drug-likeness (QED) is 0.884. The third-order valence-corrected chi connectivity index (χ3v) is 6.03. The van der Waals surface area contributed by atoms with E-state index in [1.54, 1.807) is 37.2 Å². The van der Waals surface area contributed by atoms with Crippen LogP contribution in [0.2, 0.25) is 0 Å². The van der Waals surface area contributed by atoms with Gasteiger partial charge in [-0.3, -0.25) is 9.59 Å². The van der Waals surface area contributed by atoms with Crippen molar-refractivity contribution in [3.63, 3.8) is 0 Å². The number of ether oxygens (including phenoxy) is 1. The summed E-state index contributed by atoms with van der Waals surface area (Å²) in [6.45, 7) is 1.49. The first kappa shape index (κ1) is 17.1. The first-order chi connectivity index (χ1) is 11.4. The highest BCUT2D eigenvalue weighted by atomic mass is 32.2. The molecule has 1 spiro atoms. The van der Waals surface area contributed by atoms with Gasteiger partial charge in [-0.25, -0.2) is 0 Å². The van der Waals surface area contributed by atoms with Gasteiger partial charge in [-0.15, -0.1) is 11.8 Å². The summed E-state index contributed by atoms with van der Waals surface area (Å²) in [7, 11) is 3.43. The lowest BCUT2D eigenvalue weighted by molar-refractivity contribution is -0.135. The Hall–Kier alpha value is -1.73. The van der Waals surface area contributed by atoms with Gasteiger partial charge >= 0.3 is 0 Å². The number of hydrogen-bond donors (Lipinski definition) is 1. The van der Waals surface area contributed by atoms with E-state index in [2.05, 4.69) is 0 Å². The maximum Gasteiger partial charge on any atom is 0.254 e. The van der Waals surface area contributed by atoms with E-state index in [-0.39, 0.29) is 35.0 Å². The normalized spacial score (nSPS) is 21.6. The van der Waals surface area contributed by atoms with Crippen molar-refractivity contribution in [2.75, 3.05) is 39.5 Å². The van der Waals surface area contributed by atoms with Gasteiger partial charge in [-0.2, -0.15) is 0 Å². The van der Waals surface area contributed by atoms with E-state index in [9.17, 15) is 14.7 Å². The van der Waals surface area contributed by atoms with Gasteiger partial charge in [0.25, 0.3) is 5.91 Å². The standard InChI is InChI=1S/C17H22N2O4S/c1-18(2)15(21)8-23-14-7-17(24-9-14)10-19(11-17)16(22)12-4-3-5-13(20)6-12/h3-6,14,20H,7-11H2,1-2H3/t14-/m1/s1. The Bertz CT molecular complexity index is 643. The second-order valence-electron chi connectivity index (χ2n) is 6.63. The van der Waals surface area contributed by atoms with Gasteiger partial charge in [-0.1, -0.05) is 6.07 Å². The van der Waals surface area contributed by atoms with Gasteiger partial charge < -0.3 is 19.6 Å². The highest BCUT2D eigenvalue weighted by molar-refractivity contribution is 8.01. The number of phenolic OH excluding ortho intramolecular Hbond substituents is 1. The fourth-order valence-electron chi connectivity index (χ4n) is 3.06. The van der Waals surface area contributed by atoms with Crippen molar-refractivity contribution in [1.29, 1.82) is 0 Å². The van der Waals surface area contributed by atoms with Crippen molar-refractivity contribution in [3.05, 3.63) is 29.8 Å². The van der Waals surface area contributed by atoms with Gasteiger partial charge in [0, 0.05) is 38.5 Å². The Kier molecular flexibility index (Phi) is 4.73. The number of carbonyl (C=O) groups excluding carboxylic acids is 2. The fourth-order valence-corrected chi connectivity index (χ4v) is 4.61. The molecular weight excluding hydrogens is 328 g/mol. The molecule has 0 aromatic heterocycles. The minimum absolute atomic E-state index is 0.0322. The summed E-state index contributed by atoms with van der Waals surface area (Å²) in [5.41, 5.74) is 0.511. The minimum Gasteiger partial charge on any atom is -0.508 e. The lowest BCUT2D eigenvalue weighted by Crippen LogP contribution is -2.60. The van der Waals surface area contributed by atoms with Crippen LogP contribution in [0.4, 0.5) is 0 Å².